The van der Waals surface area contributed by atoms with Crippen LogP contribution in [0.1, 0.15) is 42.5 Å². The number of carbonyl (C=O) groups excluding carboxylic acids is 2. The summed E-state index contributed by atoms with van der Waals surface area (Å²) in [4.78, 5) is 32.3. The lowest BCUT2D eigenvalue weighted by molar-refractivity contribution is -0.130. The number of hydrogen-bond acceptors (Lipinski definition) is 6. The zero-order valence-electron chi connectivity index (χ0n) is 21.0. The zero-order chi connectivity index (χ0) is 26.2. The molecule has 1 aliphatic rings. The highest BCUT2D eigenvalue weighted by Crippen LogP contribution is 2.41. The van der Waals surface area contributed by atoms with Gasteiger partial charge in [0.2, 0.25) is 0 Å². The monoisotopic (exact) mass is 498 g/mol. The van der Waals surface area contributed by atoms with Crippen LogP contribution >= 0.6 is 0 Å². The van der Waals surface area contributed by atoms with Crippen molar-refractivity contribution in [3.63, 3.8) is 0 Å². The molecule has 2 aromatic carbocycles. The van der Waals surface area contributed by atoms with E-state index >= 15 is 0 Å². The molecule has 0 saturated carbocycles. The van der Waals surface area contributed by atoms with Crippen molar-refractivity contribution in [3.05, 3.63) is 107 Å². The minimum Gasteiger partial charge on any atom is -0.503 e. The Morgan fingerprint density at radius 3 is 2.62 bits per heavy atom. The summed E-state index contributed by atoms with van der Waals surface area (Å²) in [5.74, 6) is -0.560. The molecule has 1 atom stereocenters. The number of methoxy groups -OCH3 is 1. The van der Waals surface area contributed by atoms with Crippen molar-refractivity contribution in [3.8, 4) is 11.5 Å². The summed E-state index contributed by atoms with van der Waals surface area (Å²) < 4.78 is 11.4. The van der Waals surface area contributed by atoms with Crippen LogP contribution in [0.25, 0.3) is 6.08 Å². The molecular weight excluding hydrogens is 468 g/mol. The Labute approximate surface area is 216 Å². The molecule has 7 heteroatoms. The Morgan fingerprint density at radius 1 is 1.11 bits per heavy atom. The summed E-state index contributed by atoms with van der Waals surface area (Å²) in [7, 11) is 1.54. The molecular formula is C30H30N2O5. The predicted octanol–water partition coefficient (Wildman–Crippen LogP) is 5.45. The van der Waals surface area contributed by atoms with Crippen LogP contribution < -0.4 is 9.47 Å². The highest BCUT2D eigenvalue weighted by atomic mass is 16.5. The van der Waals surface area contributed by atoms with E-state index in [0.717, 1.165) is 24.0 Å². The first-order chi connectivity index (χ1) is 18.0. The summed E-state index contributed by atoms with van der Waals surface area (Å²) in [5, 5.41) is 10.9. The fraction of sp³-hybridized carbons (Fsp3) is 0.233. The minimum absolute atomic E-state index is 0.0165. The molecule has 0 radical (unpaired) electrons. The van der Waals surface area contributed by atoms with E-state index in [1.165, 1.54) is 11.0 Å². The number of nitrogens with zero attached hydrogens (tertiary/aromatic N) is 2. The predicted molar refractivity (Wildman–Crippen MR) is 141 cm³/mol. The first kappa shape index (κ1) is 25.7. The van der Waals surface area contributed by atoms with Gasteiger partial charge in [-0.1, -0.05) is 61.9 Å². The zero-order valence-corrected chi connectivity index (χ0v) is 21.0. The van der Waals surface area contributed by atoms with Crippen molar-refractivity contribution in [1.29, 1.82) is 0 Å². The van der Waals surface area contributed by atoms with Crippen molar-refractivity contribution >= 4 is 17.8 Å². The summed E-state index contributed by atoms with van der Waals surface area (Å²) in [5.41, 5.74) is 2.24. The van der Waals surface area contributed by atoms with Crippen LogP contribution in [0.15, 0.2) is 90.5 Å². The van der Waals surface area contributed by atoms with Crippen LogP contribution in [0.2, 0.25) is 0 Å². The third kappa shape index (κ3) is 5.89. The number of amides is 1. The van der Waals surface area contributed by atoms with Crippen LogP contribution in [0.3, 0.4) is 0 Å². The summed E-state index contributed by atoms with van der Waals surface area (Å²) in [6, 6.07) is 17.5. The molecule has 0 fully saturated rings. The Balaban J connectivity index is 1.73. The van der Waals surface area contributed by atoms with Gasteiger partial charge in [0.1, 0.15) is 0 Å². The molecule has 2 heterocycles. The second-order valence-electron chi connectivity index (χ2n) is 8.68. The van der Waals surface area contributed by atoms with Crippen molar-refractivity contribution in [2.75, 3.05) is 13.7 Å². The normalized spacial score (nSPS) is 15.5. The number of carbonyl (C=O) groups is 2. The van der Waals surface area contributed by atoms with Crippen LogP contribution in [0, 0.1) is 0 Å². The summed E-state index contributed by atoms with van der Waals surface area (Å²) in [6.45, 7) is 2.80. The van der Waals surface area contributed by atoms with Gasteiger partial charge in [-0.05, 0) is 47.4 Å². The number of aliphatic hydroxyl groups is 1. The quantitative estimate of drug-likeness (QED) is 0.279. The molecule has 1 N–H and O–H groups in total. The SMILES string of the molecule is CCCCOc1ccc(C2C(C(=O)C=Cc3ccccc3)=C(O)C(=O)N2Cc2cccnc2)cc1OC. The Hall–Kier alpha value is -4.39. The van der Waals surface area contributed by atoms with E-state index in [1.807, 2.05) is 36.4 Å². The third-order valence-electron chi connectivity index (χ3n) is 6.13. The van der Waals surface area contributed by atoms with Gasteiger partial charge >= 0.3 is 0 Å². The number of aromatic nitrogens is 1. The summed E-state index contributed by atoms with van der Waals surface area (Å²) in [6.07, 6.45) is 8.26. The van der Waals surface area contributed by atoms with Gasteiger partial charge < -0.3 is 19.5 Å². The summed E-state index contributed by atoms with van der Waals surface area (Å²) >= 11 is 0. The largest absolute Gasteiger partial charge is 0.503 e. The van der Waals surface area contributed by atoms with E-state index in [4.69, 9.17) is 9.47 Å². The van der Waals surface area contributed by atoms with Crippen LogP contribution in [-0.4, -0.2) is 40.4 Å². The maximum absolute atomic E-state index is 13.4. The van der Waals surface area contributed by atoms with Crippen LogP contribution in [-0.2, 0) is 16.1 Å². The highest BCUT2D eigenvalue weighted by molar-refractivity contribution is 6.14. The van der Waals surface area contributed by atoms with E-state index in [2.05, 4.69) is 11.9 Å². The third-order valence-corrected chi connectivity index (χ3v) is 6.13. The second-order valence-corrected chi connectivity index (χ2v) is 8.68. The molecule has 0 spiro atoms. The smallest absolute Gasteiger partial charge is 0.290 e. The van der Waals surface area contributed by atoms with Gasteiger partial charge in [-0.15, -0.1) is 0 Å². The number of rotatable bonds is 11. The van der Waals surface area contributed by atoms with Crippen LogP contribution in [0.4, 0.5) is 0 Å². The molecule has 0 saturated heterocycles. The number of aliphatic hydroxyl groups excluding tert-OH is 1. The minimum atomic E-state index is -0.820. The molecule has 4 rings (SSSR count). The maximum atomic E-state index is 13.4. The van der Waals surface area contributed by atoms with Gasteiger partial charge in [-0.25, -0.2) is 0 Å². The van der Waals surface area contributed by atoms with Crippen molar-refractivity contribution in [1.82, 2.24) is 9.88 Å². The number of ketones is 1. The average molecular weight is 499 g/mol. The maximum Gasteiger partial charge on any atom is 0.290 e. The van der Waals surface area contributed by atoms with Gasteiger partial charge in [-0.2, -0.15) is 0 Å². The molecule has 1 aliphatic heterocycles. The lowest BCUT2D eigenvalue weighted by atomic mass is 9.95. The number of ether oxygens (including phenoxy) is 2. The molecule has 190 valence electrons. The number of unbranched alkanes of at least 4 members (excludes halogenated alkanes) is 1. The Morgan fingerprint density at radius 2 is 1.92 bits per heavy atom. The molecule has 1 unspecified atom stereocenters. The average Bonchev–Trinajstić information content (AvgIpc) is 3.18. The molecule has 0 aliphatic carbocycles. The first-order valence-electron chi connectivity index (χ1n) is 12.2. The van der Waals surface area contributed by atoms with Crippen LogP contribution in [0.5, 0.6) is 11.5 Å². The molecule has 37 heavy (non-hydrogen) atoms. The van der Waals surface area contributed by atoms with Gasteiger partial charge in [-0.3, -0.25) is 14.6 Å². The number of benzene rings is 2. The first-order valence-corrected chi connectivity index (χ1v) is 12.2. The molecule has 1 amide bonds. The van der Waals surface area contributed by atoms with Gasteiger partial charge in [0, 0.05) is 18.9 Å². The van der Waals surface area contributed by atoms with Crippen molar-refractivity contribution in [2.24, 2.45) is 0 Å². The fourth-order valence-corrected chi connectivity index (χ4v) is 4.23. The Kier molecular flexibility index (Phi) is 8.36. The van der Waals surface area contributed by atoms with Crippen molar-refractivity contribution in [2.45, 2.75) is 32.4 Å². The number of allylic oxidation sites excluding steroid dienone is 1. The molecule has 3 aromatic rings. The van der Waals surface area contributed by atoms with E-state index in [-0.39, 0.29) is 12.1 Å². The van der Waals surface area contributed by atoms with E-state index in [1.54, 1.807) is 49.8 Å². The molecule has 0 bridgehead atoms. The topological polar surface area (TPSA) is 89.0 Å². The lowest BCUT2D eigenvalue weighted by Gasteiger charge is -2.27. The molecule has 7 nitrogen and oxygen atoms in total. The van der Waals surface area contributed by atoms with Gasteiger partial charge in [0.15, 0.2) is 23.0 Å². The number of pyridine rings is 1. The van der Waals surface area contributed by atoms with E-state index < -0.39 is 23.5 Å². The van der Waals surface area contributed by atoms with Gasteiger partial charge in [0.05, 0.1) is 25.3 Å². The van der Waals surface area contributed by atoms with Gasteiger partial charge in [0.25, 0.3) is 5.91 Å². The van der Waals surface area contributed by atoms with E-state index in [9.17, 15) is 14.7 Å². The highest BCUT2D eigenvalue weighted by Gasteiger charge is 2.43. The number of hydrogen-bond donors (Lipinski definition) is 1. The Bertz CT molecular complexity index is 1300. The second kappa shape index (κ2) is 12.0. The lowest BCUT2D eigenvalue weighted by Crippen LogP contribution is -2.30. The fourth-order valence-electron chi connectivity index (χ4n) is 4.23. The standard InChI is InChI=1S/C30H30N2O5/c1-3-4-17-37-25-15-13-23(18-26(25)36-2)28-27(24(33)14-12-21-9-6-5-7-10-21)29(34)30(35)32(28)20-22-11-8-16-31-19-22/h5-16,18-19,28,34H,3-4,17,20H2,1-2H3. The van der Waals surface area contributed by atoms with E-state index in [0.29, 0.717) is 23.7 Å². The van der Waals surface area contributed by atoms with Crippen molar-refractivity contribution < 1.29 is 24.2 Å². The molecule has 1 aromatic heterocycles.